The highest BCUT2D eigenvalue weighted by molar-refractivity contribution is 7.89. The van der Waals surface area contributed by atoms with Gasteiger partial charge in [0.25, 0.3) is 0 Å². The topological polar surface area (TPSA) is 66.9 Å². The third-order valence-electron chi connectivity index (χ3n) is 6.06. The van der Waals surface area contributed by atoms with E-state index < -0.39 is 26.6 Å². The van der Waals surface area contributed by atoms with E-state index in [4.69, 9.17) is 4.74 Å². The molecule has 1 amide bonds. The molecule has 0 aromatic heterocycles. The molecule has 172 valence electrons. The minimum absolute atomic E-state index is 0.0185. The van der Waals surface area contributed by atoms with Crippen molar-refractivity contribution >= 4 is 15.9 Å². The van der Waals surface area contributed by atoms with E-state index in [1.807, 2.05) is 37.3 Å². The van der Waals surface area contributed by atoms with Gasteiger partial charge in [0.1, 0.15) is 22.6 Å². The molecule has 0 saturated carbocycles. The van der Waals surface area contributed by atoms with E-state index in [0.29, 0.717) is 32.0 Å². The largest absolute Gasteiger partial charge is 0.367 e. The van der Waals surface area contributed by atoms with Crippen molar-refractivity contribution in [3.05, 3.63) is 65.7 Å². The Morgan fingerprint density at radius 2 is 1.72 bits per heavy atom. The molecule has 2 aromatic rings. The zero-order valence-corrected chi connectivity index (χ0v) is 18.6. The number of ether oxygens (including phenoxy) is 1. The van der Waals surface area contributed by atoms with E-state index in [2.05, 4.69) is 0 Å². The van der Waals surface area contributed by atoms with Gasteiger partial charge in [-0.05, 0) is 43.5 Å². The summed E-state index contributed by atoms with van der Waals surface area (Å²) >= 11 is 0. The number of rotatable bonds is 4. The number of carbonyl (C=O) groups excluding carboxylic acids is 1. The molecule has 0 spiro atoms. The second-order valence-corrected chi connectivity index (χ2v) is 10.2. The van der Waals surface area contributed by atoms with Crippen LogP contribution in [-0.4, -0.2) is 55.8 Å². The highest BCUT2D eigenvalue weighted by atomic mass is 32.2. The fourth-order valence-corrected chi connectivity index (χ4v) is 5.94. The monoisotopic (exact) mass is 464 g/mol. The number of sulfonamides is 1. The molecule has 4 rings (SSSR count). The molecule has 0 bridgehead atoms. The first-order valence-corrected chi connectivity index (χ1v) is 12.1. The van der Waals surface area contributed by atoms with Gasteiger partial charge in [-0.2, -0.15) is 4.31 Å². The Morgan fingerprint density at radius 1 is 1.03 bits per heavy atom. The maximum Gasteiger partial charge on any atom is 0.246 e. The number of carbonyl (C=O) groups is 1. The summed E-state index contributed by atoms with van der Waals surface area (Å²) in [5.74, 6) is -2.14. The molecule has 9 heteroatoms. The Labute approximate surface area is 186 Å². The highest BCUT2D eigenvalue weighted by Crippen LogP contribution is 2.30. The van der Waals surface area contributed by atoms with E-state index in [0.717, 1.165) is 22.0 Å². The Bertz CT molecular complexity index is 1070. The lowest BCUT2D eigenvalue weighted by atomic mass is 9.95. The number of nitrogens with zero attached hydrogens (tertiary/aromatic N) is 2. The van der Waals surface area contributed by atoms with Gasteiger partial charge in [0, 0.05) is 25.6 Å². The number of hydrogen-bond donors (Lipinski definition) is 0. The molecule has 2 heterocycles. The first-order chi connectivity index (χ1) is 15.3. The van der Waals surface area contributed by atoms with Gasteiger partial charge in [-0.25, -0.2) is 17.2 Å². The van der Waals surface area contributed by atoms with Crippen LogP contribution in [0.1, 0.15) is 31.4 Å². The van der Waals surface area contributed by atoms with Crippen molar-refractivity contribution in [1.82, 2.24) is 9.21 Å². The summed E-state index contributed by atoms with van der Waals surface area (Å²) in [5, 5.41) is 0. The molecule has 2 aliphatic heterocycles. The number of halogens is 2. The van der Waals surface area contributed by atoms with Crippen molar-refractivity contribution in [3.8, 4) is 0 Å². The van der Waals surface area contributed by atoms with Crippen LogP contribution in [-0.2, 0) is 19.6 Å². The average Bonchev–Trinajstić information content (AvgIpc) is 2.80. The third kappa shape index (κ3) is 4.69. The van der Waals surface area contributed by atoms with Crippen molar-refractivity contribution < 1.29 is 26.7 Å². The summed E-state index contributed by atoms with van der Waals surface area (Å²) in [6, 6.07) is 12.1. The lowest BCUT2D eigenvalue weighted by molar-refractivity contribution is -0.150. The van der Waals surface area contributed by atoms with E-state index in [1.54, 1.807) is 4.90 Å². The standard InChI is InChI=1S/C23H26F2N2O4S/c1-16-14-26(15-21(31-16)17-5-3-2-4-6-17)23(28)18-9-11-27(12-10-18)32(29,30)22-13-19(24)7-8-20(22)25/h2-8,13,16,18,21H,9-12,14-15H2,1H3. The Kier molecular flexibility index (Phi) is 6.60. The zero-order chi connectivity index (χ0) is 22.9. The predicted octanol–water partition coefficient (Wildman–Crippen LogP) is 3.35. The molecule has 2 saturated heterocycles. The zero-order valence-electron chi connectivity index (χ0n) is 17.8. The summed E-state index contributed by atoms with van der Waals surface area (Å²) < 4.78 is 60.3. The third-order valence-corrected chi connectivity index (χ3v) is 7.97. The molecular formula is C23H26F2N2O4S. The SMILES string of the molecule is CC1CN(C(=O)C2CCN(S(=O)(=O)c3cc(F)ccc3F)CC2)CC(c2ccccc2)O1. The fourth-order valence-electron chi connectivity index (χ4n) is 4.40. The van der Waals surface area contributed by atoms with Crippen LogP contribution in [0.15, 0.2) is 53.4 Å². The van der Waals surface area contributed by atoms with Gasteiger partial charge in [-0.15, -0.1) is 0 Å². The van der Waals surface area contributed by atoms with Crippen LogP contribution in [0.3, 0.4) is 0 Å². The van der Waals surface area contributed by atoms with Crippen LogP contribution in [0.4, 0.5) is 8.78 Å². The van der Waals surface area contributed by atoms with Crippen LogP contribution in [0.2, 0.25) is 0 Å². The molecule has 0 N–H and O–H groups in total. The molecule has 32 heavy (non-hydrogen) atoms. The Morgan fingerprint density at radius 3 is 2.41 bits per heavy atom. The quantitative estimate of drug-likeness (QED) is 0.696. The fraction of sp³-hybridized carbons (Fsp3) is 0.435. The molecule has 0 aliphatic carbocycles. The van der Waals surface area contributed by atoms with Crippen LogP contribution in [0.25, 0.3) is 0 Å². The van der Waals surface area contributed by atoms with E-state index in [-0.39, 0.29) is 37.1 Å². The lowest BCUT2D eigenvalue weighted by Gasteiger charge is -2.40. The maximum absolute atomic E-state index is 14.0. The second kappa shape index (κ2) is 9.25. The van der Waals surface area contributed by atoms with Gasteiger partial charge in [0.2, 0.25) is 15.9 Å². The van der Waals surface area contributed by atoms with Crippen molar-refractivity contribution in [2.45, 2.75) is 36.9 Å². The van der Waals surface area contributed by atoms with Crippen molar-refractivity contribution in [2.24, 2.45) is 5.92 Å². The highest BCUT2D eigenvalue weighted by Gasteiger charge is 2.37. The summed E-state index contributed by atoms with van der Waals surface area (Å²) in [5.41, 5.74) is 1.01. The Hall–Kier alpha value is -2.36. The van der Waals surface area contributed by atoms with Crippen molar-refractivity contribution in [2.75, 3.05) is 26.2 Å². The minimum atomic E-state index is -4.17. The minimum Gasteiger partial charge on any atom is -0.367 e. The molecule has 6 nitrogen and oxygen atoms in total. The van der Waals surface area contributed by atoms with Crippen LogP contribution in [0, 0.1) is 17.6 Å². The predicted molar refractivity (Wildman–Crippen MR) is 114 cm³/mol. The van der Waals surface area contributed by atoms with Crippen LogP contribution in [0.5, 0.6) is 0 Å². The van der Waals surface area contributed by atoms with Crippen molar-refractivity contribution in [3.63, 3.8) is 0 Å². The number of morpholine rings is 1. The summed E-state index contributed by atoms with van der Waals surface area (Å²) in [7, 11) is -4.17. The smallest absolute Gasteiger partial charge is 0.246 e. The van der Waals surface area contributed by atoms with E-state index in [1.165, 1.54) is 0 Å². The number of amides is 1. The van der Waals surface area contributed by atoms with Crippen LogP contribution >= 0.6 is 0 Å². The molecule has 2 unspecified atom stereocenters. The van der Waals surface area contributed by atoms with E-state index in [9.17, 15) is 22.0 Å². The van der Waals surface area contributed by atoms with Gasteiger partial charge in [-0.3, -0.25) is 4.79 Å². The Balaban J connectivity index is 1.41. The van der Waals surface area contributed by atoms with Gasteiger partial charge in [0.05, 0.1) is 12.6 Å². The molecule has 0 radical (unpaired) electrons. The van der Waals surface area contributed by atoms with Crippen molar-refractivity contribution in [1.29, 1.82) is 0 Å². The molecule has 2 aromatic carbocycles. The first kappa shape index (κ1) is 22.8. The normalized spacial score (nSPS) is 23.3. The number of hydrogen-bond acceptors (Lipinski definition) is 4. The molecular weight excluding hydrogens is 438 g/mol. The summed E-state index contributed by atoms with van der Waals surface area (Å²) in [6.07, 6.45) is 0.336. The van der Waals surface area contributed by atoms with Gasteiger partial charge in [-0.1, -0.05) is 30.3 Å². The average molecular weight is 465 g/mol. The first-order valence-electron chi connectivity index (χ1n) is 10.7. The van der Waals surface area contributed by atoms with Crippen LogP contribution < -0.4 is 0 Å². The second-order valence-electron chi connectivity index (χ2n) is 8.34. The maximum atomic E-state index is 14.0. The summed E-state index contributed by atoms with van der Waals surface area (Å²) in [6.45, 7) is 3.01. The summed E-state index contributed by atoms with van der Waals surface area (Å²) in [4.78, 5) is 14.3. The van der Waals surface area contributed by atoms with Gasteiger partial charge in [0.15, 0.2) is 0 Å². The van der Waals surface area contributed by atoms with Gasteiger partial charge >= 0.3 is 0 Å². The molecule has 2 atom stereocenters. The van der Waals surface area contributed by atoms with E-state index >= 15 is 0 Å². The van der Waals surface area contributed by atoms with Gasteiger partial charge < -0.3 is 9.64 Å². The lowest BCUT2D eigenvalue weighted by Crippen LogP contribution is -2.50. The number of benzene rings is 2. The molecule has 2 aliphatic rings. The molecule has 2 fully saturated rings. The number of piperidine rings is 1.